The first-order chi connectivity index (χ1) is 7.78. The zero-order chi connectivity index (χ0) is 13.1. The Morgan fingerprint density at radius 3 is 2.65 bits per heavy atom. The molecule has 1 aromatic heterocycles. The molecule has 1 atom stereocenters. The number of anilines is 1. The van der Waals surface area contributed by atoms with Crippen LogP contribution in [0, 0.1) is 12.8 Å². The summed E-state index contributed by atoms with van der Waals surface area (Å²) in [6, 6.07) is 1.65. The van der Waals surface area contributed by atoms with Crippen LogP contribution in [0.25, 0.3) is 0 Å². The van der Waals surface area contributed by atoms with Gasteiger partial charge in [-0.3, -0.25) is 0 Å². The average Bonchev–Trinajstić information content (AvgIpc) is 2.11. The minimum Gasteiger partial charge on any atom is -0.388 e. The van der Waals surface area contributed by atoms with E-state index in [1.165, 1.54) is 0 Å². The van der Waals surface area contributed by atoms with Crippen molar-refractivity contribution in [2.45, 2.75) is 39.7 Å². The fourth-order valence-electron chi connectivity index (χ4n) is 1.85. The first-order valence-corrected chi connectivity index (χ1v) is 6.14. The molecule has 0 aliphatic carbocycles. The molecule has 0 aromatic carbocycles. The van der Waals surface area contributed by atoms with Crippen molar-refractivity contribution < 1.29 is 5.11 Å². The largest absolute Gasteiger partial charge is 0.388 e. The maximum Gasteiger partial charge on any atom is 0.134 e. The summed E-state index contributed by atoms with van der Waals surface area (Å²) < 4.78 is 0. The van der Waals surface area contributed by atoms with Crippen LogP contribution < -0.4 is 5.32 Å². The number of halogens is 1. The summed E-state index contributed by atoms with van der Waals surface area (Å²) in [5.74, 6) is 1.71. The molecule has 0 saturated carbocycles. The van der Waals surface area contributed by atoms with E-state index >= 15 is 0 Å². The summed E-state index contributed by atoms with van der Waals surface area (Å²) in [6.45, 7) is 8.21. The maximum absolute atomic E-state index is 10.1. The van der Waals surface area contributed by atoms with Gasteiger partial charge in [0.05, 0.1) is 5.60 Å². The van der Waals surface area contributed by atoms with Gasteiger partial charge in [-0.25, -0.2) is 9.97 Å². The summed E-state index contributed by atoms with van der Waals surface area (Å²) >= 11 is 5.83. The topological polar surface area (TPSA) is 58.0 Å². The van der Waals surface area contributed by atoms with Gasteiger partial charge in [0.25, 0.3) is 0 Å². The number of nitrogens with zero attached hydrogens (tertiary/aromatic N) is 2. The first kappa shape index (κ1) is 14.2. The Kier molecular flexibility index (Phi) is 4.71. The fourth-order valence-corrected chi connectivity index (χ4v) is 2.08. The lowest BCUT2D eigenvalue weighted by atomic mass is 9.94. The molecule has 5 heteroatoms. The molecule has 1 aromatic rings. The summed E-state index contributed by atoms with van der Waals surface area (Å²) in [6.07, 6.45) is 0.734. The van der Waals surface area contributed by atoms with Gasteiger partial charge in [0.15, 0.2) is 0 Å². The van der Waals surface area contributed by atoms with Gasteiger partial charge < -0.3 is 10.4 Å². The molecular formula is C12H20ClN3O. The highest BCUT2D eigenvalue weighted by Gasteiger charge is 2.21. The van der Waals surface area contributed by atoms with Gasteiger partial charge in [-0.1, -0.05) is 25.4 Å². The monoisotopic (exact) mass is 257 g/mol. The Labute approximate surface area is 107 Å². The normalized spacial score (nSPS) is 14.8. The molecule has 0 saturated heterocycles. The van der Waals surface area contributed by atoms with Gasteiger partial charge in [0, 0.05) is 12.6 Å². The van der Waals surface area contributed by atoms with E-state index in [4.69, 9.17) is 11.6 Å². The number of nitrogens with one attached hydrogen (secondary N) is 1. The average molecular weight is 258 g/mol. The van der Waals surface area contributed by atoms with Crippen molar-refractivity contribution in [3.8, 4) is 0 Å². The number of hydrogen-bond acceptors (Lipinski definition) is 4. The standard InChI is InChI=1S/C12H20ClN3O/c1-8(2)6-12(4,17)7-14-11-5-10(13)15-9(3)16-11/h5,8,17H,6-7H2,1-4H3,(H,14,15,16). The molecule has 0 amide bonds. The minimum absolute atomic E-state index is 0.406. The van der Waals surface area contributed by atoms with Crippen LogP contribution in [-0.4, -0.2) is 27.2 Å². The molecule has 4 nitrogen and oxygen atoms in total. The van der Waals surface area contributed by atoms with E-state index in [2.05, 4.69) is 29.1 Å². The molecule has 0 spiro atoms. The molecular weight excluding hydrogens is 238 g/mol. The Bertz CT molecular complexity index is 360. The maximum atomic E-state index is 10.1. The first-order valence-electron chi connectivity index (χ1n) is 5.76. The number of aliphatic hydroxyl groups is 1. The van der Waals surface area contributed by atoms with Crippen molar-refractivity contribution in [1.29, 1.82) is 0 Å². The summed E-state index contributed by atoms with van der Waals surface area (Å²) in [5.41, 5.74) is -0.750. The third-order valence-corrected chi connectivity index (χ3v) is 2.50. The number of hydrogen-bond donors (Lipinski definition) is 2. The van der Waals surface area contributed by atoms with Crippen LogP contribution in [0.15, 0.2) is 6.07 Å². The van der Waals surface area contributed by atoms with E-state index in [-0.39, 0.29) is 0 Å². The second kappa shape index (κ2) is 5.65. The van der Waals surface area contributed by atoms with Crippen molar-refractivity contribution in [2.24, 2.45) is 5.92 Å². The predicted octanol–water partition coefficient (Wildman–Crippen LogP) is 2.65. The number of aryl methyl sites for hydroxylation is 1. The lowest BCUT2D eigenvalue weighted by Crippen LogP contribution is -2.35. The van der Waals surface area contributed by atoms with Gasteiger partial charge in [0.1, 0.15) is 16.8 Å². The predicted molar refractivity (Wildman–Crippen MR) is 70.3 cm³/mol. The second-order valence-electron chi connectivity index (χ2n) is 5.07. The molecule has 17 heavy (non-hydrogen) atoms. The Morgan fingerprint density at radius 2 is 2.12 bits per heavy atom. The van der Waals surface area contributed by atoms with Crippen LogP contribution in [0.4, 0.5) is 5.82 Å². The summed E-state index contributed by atoms with van der Waals surface area (Å²) in [5, 5.41) is 13.6. The Morgan fingerprint density at radius 1 is 1.47 bits per heavy atom. The molecule has 0 aliphatic rings. The van der Waals surface area contributed by atoms with Gasteiger partial charge in [-0.05, 0) is 26.2 Å². The molecule has 0 fully saturated rings. The van der Waals surface area contributed by atoms with E-state index in [0.29, 0.717) is 29.3 Å². The van der Waals surface area contributed by atoms with E-state index < -0.39 is 5.60 Å². The molecule has 1 unspecified atom stereocenters. The lowest BCUT2D eigenvalue weighted by molar-refractivity contribution is 0.0514. The molecule has 1 heterocycles. The van der Waals surface area contributed by atoms with Crippen LogP contribution >= 0.6 is 11.6 Å². The van der Waals surface area contributed by atoms with Crippen molar-refractivity contribution in [3.05, 3.63) is 17.0 Å². The van der Waals surface area contributed by atoms with Gasteiger partial charge in [0.2, 0.25) is 0 Å². The number of aromatic nitrogens is 2. The van der Waals surface area contributed by atoms with E-state index in [9.17, 15) is 5.11 Å². The molecule has 0 radical (unpaired) electrons. The van der Waals surface area contributed by atoms with Crippen LogP contribution in [0.1, 0.15) is 33.0 Å². The highest BCUT2D eigenvalue weighted by Crippen LogP contribution is 2.18. The summed E-state index contributed by atoms with van der Waals surface area (Å²) in [4.78, 5) is 8.18. The Balaban J connectivity index is 2.60. The van der Waals surface area contributed by atoms with Crippen LogP contribution in [0.5, 0.6) is 0 Å². The van der Waals surface area contributed by atoms with Gasteiger partial charge >= 0.3 is 0 Å². The van der Waals surface area contributed by atoms with Gasteiger partial charge in [-0.15, -0.1) is 0 Å². The van der Waals surface area contributed by atoms with Crippen molar-refractivity contribution in [2.75, 3.05) is 11.9 Å². The number of rotatable bonds is 5. The van der Waals surface area contributed by atoms with Crippen molar-refractivity contribution in [1.82, 2.24) is 9.97 Å². The fraction of sp³-hybridized carbons (Fsp3) is 0.667. The van der Waals surface area contributed by atoms with E-state index in [0.717, 1.165) is 6.42 Å². The van der Waals surface area contributed by atoms with Crippen LogP contribution in [-0.2, 0) is 0 Å². The molecule has 96 valence electrons. The lowest BCUT2D eigenvalue weighted by Gasteiger charge is -2.25. The van der Waals surface area contributed by atoms with E-state index in [1.54, 1.807) is 13.0 Å². The Hall–Kier alpha value is -0.870. The molecule has 0 aliphatic heterocycles. The highest BCUT2D eigenvalue weighted by molar-refractivity contribution is 6.29. The zero-order valence-corrected chi connectivity index (χ0v) is 11.5. The smallest absolute Gasteiger partial charge is 0.134 e. The third-order valence-electron chi connectivity index (χ3n) is 2.31. The minimum atomic E-state index is -0.750. The molecule has 0 bridgehead atoms. The molecule has 1 rings (SSSR count). The van der Waals surface area contributed by atoms with E-state index in [1.807, 2.05) is 6.92 Å². The SMILES string of the molecule is Cc1nc(Cl)cc(NCC(C)(O)CC(C)C)n1. The highest BCUT2D eigenvalue weighted by atomic mass is 35.5. The van der Waals surface area contributed by atoms with Gasteiger partial charge in [-0.2, -0.15) is 0 Å². The second-order valence-corrected chi connectivity index (χ2v) is 5.46. The quantitative estimate of drug-likeness (QED) is 0.797. The van der Waals surface area contributed by atoms with Crippen LogP contribution in [0.3, 0.4) is 0 Å². The van der Waals surface area contributed by atoms with Crippen LogP contribution in [0.2, 0.25) is 5.15 Å². The van der Waals surface area contributed by atoms with Crippen molar-refractivity contribution >= 4 is 17.4 Å². The third kappa shape index (κ3) is 5.33. The zero-order valence-electron chi connectivity index (χ0n) is 10.8. The summed E-state index contributed by atoms with van der Waals surface area (Å²) in [7, 11) is 0. The van der Waals surface area contributed by atoms with Crippen molar-refractivity contribution in [3.63, 3.8) is 0 Å². The molecule has 2 N–H and O–H groups in total.